The number of amides is 1. The third kappa shape index (κ3) is 4.31. The molecule has 1 amide bonds. The molecule has 0 bridgehead atoms. The molecule has 0 atom stereocenters. The molecule has 0 aliphatic carbocycles. The molecule has 0 unspecified atom stereocenters. The topological polar surface area (TPSA) is 75.7 Å². The van der Waals surface area contributed by atoms with Crippen molar-refractivity contribution in [1.82, 2.24) is 4.31 Å². The maximum absolute atomic E-state index is 13.3. The number of carbonyl (C=O) groups is 1. The van der Waals surface area contributed by atoms with Crippen LogP contribution in [0.3, 0.4) is 0 Å². The molecule has 150 valence electrons. The first kappa shape index (κ1) is 20.2. The number of ether oxygens (including phenoxy) is 1. The predicted molar refractivity (Wildman–Crippen MR) is 99.9 cm³/mol. The number of halogens is 2. The van der Waals surface area contributed by atoms with Crippen LogP contribution < -0.4 is 10.1 Å². The second kappa shape index (κ2) is 8.24. The molecule has 2 aromatic rings. The van der Waals surface area contributed by atoms with E-state index in [1.165, 1.54) is 22.5 Å². The van der Waals surface area contributed by atoms with Crippen molar-refractivity contribution in [1.29, 1.82) is 0 Å². The van der Waals surface area contributed by atoms with Crippen molar-refractivity contribution in [3.8, 4) is 5.75 Å². The zero-order valence-electron chi connectivity index (χ0n) is 15.2. The highest BCUT2D eigenvalue weighted by Gasteiger charge is 2.30. The summed E-state index contributed by atoms with van der Waals surface area (Å²) in [6.07, 6.45) is 1.57. The molecule has 1 saturated heterocycles. The van der Waals surface area contributed by atoms with Crippen molar-refractivity contribution < 1.29 is 26.7 Å². The lowest BCUT2D eigenvalue weighted by atomic mass is 10.2. The number of nitrogens with one attached hydrogen (secondary N) is 1. The molecule has 28 heavy (non-hydrogen) atoms. The Morgan fingerprint density at radius 2 is 1.75 bits per heavy atom. The molecular weight excluding hydrogens is 390 g/mol. The van der Waals surface area contributed by atoms with Gasteiger partial charge in [0.15, 0.2) is 0 Å². The van der Waals surface area contributed by atoms with Crippen LogP contribution in [-0.4, -0.2) is 38.3 Å². The number of hydrogen-bond acceptors (Lipinski definition) is 4. The highest BCUT2D eigenvalue weighted by Crippen LogP contribution is 2.31. The van der Waals surface area contributed by atoms with Crippen LogP contribution in [-0.2, 0) is 10.0 Å². The fourth-order valence-electron chi connectivity index (χ4n) is 3.02. The Morgan fingerprint density at radius 3 is 2.36 bits per heavy atom. The van der Waals surface area contributed by atoms with Crippen molar-refractivity contribution in [2.75, 3.05) is 25.0 Å². The van der Waals surface area contributed by atoms with Crippen LogP contribution in [0.25, 0.3) is 0 Å². The third-order valence-corrected chi connectivity index (χ3v) is 6.23. The number of rotatable bonds is 6. The number of anilines is 1. The number of sulfonamides is 1. The Balaban J connectivity index is 1.93. The lowest BCUT2D eigenvalue weighted by molar-refractivity contribution is 0.102. The molecule has 0 saturated carbocycles. The minimum Gasteiger partial charge on any atom is -0.492 e. The molecule has 1 heterocycles. The average molecular weight is 410 g/mol. The number of nitrogens with zero attached hydrogens (tertiary/aromatic N) is 1. The van der Waals surface area contributed by atoms with E-state index in [2.05, 4.69) is 5.32 Å². The lowest BCUT2D eigenvalue weighted by Gasteiger charge is -2.19. The zero-order valence-corrected chi connectivity index (χ0v) is 16.1. The van der Waals surface area contributed by atoms with E-state index >= 15 is 0 Å². The maximum Gasteiger partial charge on any atom is 0.255 e. The maximum atomic E-state index is 13.3. The van der Waals surface area contributed by atoms with E-state index < -0.39 is 27.6 Å². The van der Waals surface area contributed by atoms with Gasteiger partial charge in [-0.25, -0.2) is 17.2 Å². The summed E-state index contributed by atoms with van der Waals surface area (Å²) in [7, 11) is -3.79. The Hall–Kier alpha value is -2.52. The summed E-state index contributed by atoms with van der Waals surface area (Å²) in [5.74, 6) is -2.33. The standard InChI is InChI=1S/C19H20F2N2O4S/c1-2-27-17-6-5-16(12-18(17)28(25,26)23-7-3-4-8-23)22-19(24)13-9-14(20)11-15(21)10-13/h5-6,9-12H,2-4,7-8H2,1H3,(H,22,24). The first-order chi connectivity index (χ1) is 13.3. The molecule has 6 nitrogen and oxygen atoms in total. The molecule has 0 spiro atoms. The van der Waals surface area contributed by atoms with Crippen LogP contribution in [0.2, 0.25) is 0 Å². The summed E-state index contributed by atoms with van der Waals surface area (Å²) >= 11 is 0. The number of benzene rings is 2. The number of hydrogen-bond donors (Lipinski definition) is 1. The van der Waals surface area contributed by atoms with E-state index in [0.717, 1.165) is 25.0 Å². The smallest absolute Gasteiger partial charge is 0.255 e. The van der Waals surface area contributed by atoms with Crippen LogP contribution in [0.5, 0.6) is 5.75 Å². The van der Waals surface area contributed by atoms with Crippen molar-refractivity contribution in [3.05, 3.63) is 53.6 Å². The largest absolute Gasteiger partial charge is 0.492 e. The van der Waals surface area contributed by atoms with Gasteiger partial charge in [0, 0.05) is 30.4 Å². The van der Waals surface area contributed by atoms with E-state index in [-0.39, 0.29) is 28.5 Å². The van der Waals surface area contributed by atoms with E-state index in [1.807, 2.05) is 0 Å². The van der Waals surface area contributed by atoms with Gasteiger partial charge < -0.3 is 10.1 Å². The highest BCUT2D eigenvalue weighted by molar-refractivity contribution is 7.89. The first-order valence-electron chi connectivity index (χ1n) is 8.85. The van der Waals surface area contributed by atoms with Crippen LogP contribution in [0.1, 0.15) is 30.1 Å². The lowest BCUT2D eigenvalue weighted by Crippen LogP contribution is -2.28. The van der Waals surface area contributed by atoms with Crippen molar-refractivity contribution >= 4 is 21.6 Å². The van der Waals surface area contributed by atoms with Gasteiger partial charge in [-0.3, -0.25) is 4.79 Å². The molecule has 1 N–H and O–H groups in total. The Kier molecular flexibility index (Phi) is 5.95. The SMILES string of the molecule is CCOc1ccc(NC(=O)c2cc(F)cc(F)c2)cc1S(=O)(=O)N1CCCC1. The van der Waals surface area contributed by atoms with Crippen LogP contribution in [0.4, 0.5) is 14.5 Å². The Bertz CT molecular complexity index is 969. The van der Waals surface area contributed by atoms with Gasteiger partial charge in [0.25, 0.3) is 5.91 Å². The molecule has 1 fully saturated rings. The summed E-state index contributed by atoms with van der Waals surface area (Å²) in [6.45, 7) is 2.86. The van der Waals surface area contributed by atoms with Gasteiger partial charge in [-0.2, -0.15) is 4.31 Å². The average Bonchev–Trinajstić information content (AvgIpc) is 3.18. The van der Waals surface area contributed by atoms with Crippen molar-refractivity contribution in [2.45, 2.75) is 24.7 Å². The quantitative estimate of drug-likeness (QED) is 0.792. The van der Waals surface area contributed by atoms with Gasteiger partial charge in [0.05, 0.1) is 6.61 Å². The first-order valence-corrected chi connectivity index (χ1v) is 10.3. The van der Waals surface area contributed by atoms with E-state index in [9.17, 15) is 22.0 Å². The molecule has 1 aliphatic rings. The summed E-state index contributed by atoms with van der Waals surface area (Å²) in [4.78, 5) is 12.3. The summed E-state index contributed by atoms with van der Waals surface area (Å²) < 4.78 is 59.4. The molecular formula is C19H20F2N2O4S. The second-order valence-corrected chi connectivity index (χ2v) is 8.22. The summed E-state index contributed by atoms with van der Waals surface area (Å²) in [6, 6.07) is 6.68. The molecule has 9 heteroatoms. The van der Waals surface area contributed by atoms with E-state index in [4.69, 9.17) is 4.74 Å². The van der Waals surface area contributed by atoms with Crippen LogP contribution in [0, 0.1) is 11.6 Å². The zero-order chi connectivity index (χ0) is 20.3. The molecule has 0 aromatic heterocycles. The summed E-state index contributed by atoms with van der Waals surface area (Å²) in [5.41, 5.74) is -0.0359. The van der Waals surface area contributed by atoms with Gasteiger partial charge in [0.1, 0.15) is 22.3 Å². The van der Waals surface area contributed by atoms with Gasteiger partial charge in [-0.05, 0) is 50.1 Å². The van der Waals surface area contributed by atoms with E-state index in [1.54, 1.807) is 6.92 Å². The highest BCUT2D eigenvalue weighted by atomic mass is 32.2. The molecule has 0 radical (unpaired) electrons. The van der Waals surface area contributed by atoms with Gasteiger partial charge in [0.2, 0.25) is 10.0 Å². The van der Waals surface area contributed by atoms with Gasteiger partial charge in [-0.15, -0.1) is 0 Å². The Morgan fingerprint density at radius 1 is 1.11 bits per heavy atom. The second-order valence-electron chi connectivity index (χ2n) is 6.32. The monoisotopic (exact) mass is 410 g/mol. The Labute approximate surface area is 162 Å². The van der Waals surface area contributed by atoms with Crippen LogP contribution in [0.15, 0.2) is 41.3 Å². The van der Waals surface area contributed by atoms with Gasteiger partial charge >= 0.3 is 0 Å². The minimum atomic E-state index is -3.79. The van der Waals surface area contributed by atoms with Crippen LogP contribution >= 0.6 is 0 Å². The normalized spacial score (nSPS) is 14.8. The fraction of sp³-hybridized carbons (Fsp3) is 0.316. The van der Waals surface area contributed by atoms with Crippen molar-refractivity contribution in [3.63, 3.8) is 0 Å². The number of carbonyl (C=O) groups excluding carboxylic acids is 1. The molecule has 3 rings (SSSR count). The predicted octanol–water partition coefficient (Wildman–Crippen LogP) is 3.40. The third-order valence-electron chi connectivity index (χ3n) is 4.31. The summed E-state index contributed by atoms with van der Waals surface area (Å²) in [5, 5.41) is 2.47. The molecule has 1 aliphatic heterocycles. The van der Waals surface area contributed by atoms with Gasteiger partial charge in [-0.1, -0.05) is 0 Å². The molecule has 2 aromatic carbocycles. The van der Waals surface area contributed by atoms with E-state index in [0.29, 0.717) is 19.2 Å². The fourth-order valence-corrected chi connectivity index (χ4v) is 4.69. The van der Waals surface area contributed by atoms with Crippen molar-refractivity contribution in [2.24, 2.45) is 0 Å². The minimum absolute atomic E-state index is 0.0560.